The fourth-order valence-corrected chi connectivity index (χ4v) is 3.41. The molecule has 126 valence electrons. The van der Waals surface area contributed by atoms with Gasteiger partial charge in [0, 0.05) is 34.2 Å². The van der Waals surface area contributed by atoms with E-state index in [4.69, 9.17) is 5.26 Å². The molecule has 2 aromatic carbocycles. The van der Waals surface area contributed by atoms with Crippen LogP contribution < -0.4 is 5.56 Å². The summed E-state index contributed by atoms with van der Waals surface area (Å²) in [5.74, 6) is -4.01. The van der Waals surface area contributed by atoms with Gasteiger partial charge >= 0.3 is 0 Å². The molecule has 1 heterocycles. The number of aromatic nitrogens is 1. The number of fused-ring (bicyclic) bond motifs is 1. The highest BCUT2D eigenvalue weighted by molar-refractivity contribution is 7.98. The van der Waals surface area contributed by atoms with Gasteiger partial charge in [-0.25, -0.2) is 17.6 Å². The Hall–Kier alpha value is -2.79. The van der Waals surface area contributed by atoms with Crippen molar-refractivity contribution < 1.29 is 17.6 Å². The summed E-state index contributed by atoms with van der Waals surface area (Å²) in [6.45, 7) is 0. The van der Waals surface area contributed by atoms with Crippen molar-refractivity contribution in [3.8, 4) is 6.07 Å². The number of rotatable bonds is 3. The van der Waals surface area contributed by atoms with Crippen LogP contribution in [0.25, 0.3) is 10.8 Å². The maximum atomic E-state index is 13.7. The van der Waals surface area contributed by atoms with Crippen LogP contribution in [0.4, 0.5) is 17.6 Å². The molecule has 0 saturated carbocycles. The summed E-state index contributed by atoms with van der Waals surface area (Å²) < 4.78 is 53.9. The molecule has 0 aliphatic heterocycles. The topological polar surface area (TPSA) is 56.6 Å². The minimum absolute atomic E-state index is 0.154. The van der Waals surface area contributed by atoms with Gasteiger partial charge in [0.1, 0.15) is 34.9 Å². The van der Waals surface area contributed by atoms with E-state index in [9.17, 15) is 22.4 Å². The largest absolute Gasteiger partial charge is 0.315 e. The first-order valence-electron chi connectivity index (χ1n) is 6.92. The average molecular weight is 364 g/mol. The van der Waals surface area contributed by atoms with E-state index in [1.807, 2.05) is 0 Å². The third-order valence-corrected chi connectivity index (χ3v) is 4.57. The lowest BCUT2D eigenvalue weighted by Gasteiger charge is -2.09. The summed E-state index contributed by atoms with van der Waals surface area (Å²) in [6.07, 6.45) is 0. The molecule has 1 aromatic heterocycles. The van der Waals surface area contributed by atoms with E-state index in [-0.39, 0.29) is 32.7 Å². The van der Waals surface area contributed by atoms with Crippen molar-refractivity contribution in [3.05, 3.63) is 75.1 Å². The van der Waals surface area contributed by atoms with Gasteiger partial charge in [-0.3, -0.25) is 4.79 Å². The van der Waals surface area contributed by atoms with Gasteiger partial charge in [0.15, 0.2) is 0 Å². The number of nitrogens with zero attached hydrogens (tertiary/aromatic N) is 1. The van der Waals surface area contributed by atoms with Crippen molar-refractivity contribution >= 4 is 22.5 Å². The van der Waals surface area contributed by atoms with Gasteiger partial charge in [0.05, 0.1) is 5.03 Å². The summed E-state index contributed by atoms with van der Waals surface area (Å²) >= 11 is 0.845. The molecule has 3 nitrogen and oxygen atoms in total. The van der Waals surface area contributed by atoms with Crippen LogP contribution in [-0.2, 0) is 5.75 Å². The Morgan fingerprint density at radius 2 is 1.68 bits per heavy atom. The fourth-order valence-electron chi connectivity index (χ4n) is 2.36. The SMILES string of the molecule is N#Cc1c(=O)[nH]c(SCc2c(F)cc(F)cc2F)c2cc(F)ccc12. The molecule has 0 unspecified atom stereocenters. The number of nitrogens with one attached hydrogen (secondary N) is 1. The van der Waals surface area contributed by atoms with Crippen molar-refractivity contribution in [2.45, 2.75) is 10.8 Å². The van der Waals surface area contributed by atoms with Crippen molar-refractivity contribution in [3.63, 3.8) is 0 Å². The van der Waals surface area contributed by atoms with E-state index in [1.54, 1.807) is 6.07 Å². The normalized spacial score (nSPS) is 10.8. The molecule has 3 aromatic rings. The van der Waals surface area contributed by atoms with Crippen LogP contribution in [0.3, 0.4) is 0 Å². The molecule has 8 heteroatoms. The Kier molecular flexibility index (Phi) is 4.51. The molecule has 0 aliphatic rings. The van der Waals surface area contributed by atoms with Gasteiger partial charge in [-0.1, -0.05) is 0 Å². The second-order valence-corrected chi connectivity index (χ2v) is 6.08. The molecule has 3 rings (SSSR count). The molecular weight excluding hydrogens is 356 g/mol. The van der Waals surface area contributed by atoms with Crippen LogP contribution in [0, 0.1) is 34.6 Å². The predicted molar refractivity (Wildman–Crippen MR) is 85.1 cm³/mol. The first-order chi connectivity index (χ1) is 11.9. The second kappa shape index (κ2) is 6.61. The number of nitriles is 1. The summed E-state index contributed by atoms with van der Waals surface area (Å²) in [4.78, 5) is 14.4. The Bertz CT molecular complexity index is 1070. The van der Waals surface area contributed by atoms with Gasteiger partial charge in [-0.2, -0.15) is 5.26 Å². The maximum Gasteiger partial charge on any atom is 0.267 e. The highest BCUT2D eigenvalue weighted by Gasteiger charge is 2.15. The number of hydrogen-bond acceptors (Lipinski definition) is 3. The third kappa shape index (κ3) is 3.23. The number of benzene rings is 2. The molecule has 0 radical (unpaired) electrons. The number of H-pyrrole nitrogens is 1. The van der Waals surface area contributed by atoms with Crippen LogP contribution in [0.1, 0.15) is 11.1 Å². The standard InChI is InChI=1S/C17H8F4N2OS/c18-8-1-2-10-11(3-8)17(23-16(24)12(10)6-22)25-7-13-14(20)4-9(19)5-15(13)21/h1-5H,7H2,(H,23,24). The monoisotopic (exact) mass is 364 g/mol. The Labute approximate surface area is 142 Å². The van der Waals surface area contributed by atoms with Crippen LogP contribution in [-0.4, -0.2) is 4.98 Å². The smallest absolute Gasteiger partial charge is 0.267 e. The summed E-state index contributed by atoms with van der Waals surface area (Å²) in [5, 5.41) is 9.70. The number of thioether (sulfide) groups is 1. The van der Waals surface area contributed by atoms with Crippen molar-refractivity contribution in [1.29, 1.82) is 5.26 Å². The van der Waals surface area contributed by atoms with E-state index >= 15 is 0 Å². The molecule has 0 atom stereocenters. The zero-order valence-corrected chi connectivity index (χ0v) is 13.2. The molecular formula is C17H8F4N2OS. The van der Waals surface area contributed by atoms with Crippen molar-refractivity contribution in [2.75, 3.05) is 0 Å². The number of aromatic amines is 1. The number of pyridine rings is 1. The Morgan fingerprint density at radius 1 is 1.00 bits per heavy atom. The number of halogens is 4. The van der Waals surface area contributed by atoms with Crippen LogP contribution >= 0.6 is 11.8 Å². The van der Waals surface area contributed by atoms with E-state index in [1.165, 1.54) is 6.07 Å². The van der Waals surface area contributed by atoms with Gasteiger partial charge in [0.25, 0.3) is 5.56 Å². The lowest BCUT2D eigenvalue weighted by molar-refractivity contribution is 0.531. The molecule has 0 saturated heterocycles. The molecule has 25 heavy (non-hydrogen) atoms. The van der Waals surface area contributed by atoms with Crippen molar-refractivity contribution in [1.82, 2.24) is 4.98 Å². The zero-order valence-electron chi connectivity index (χ0n) is 12.4. The summed E-state index contributed by atoms with van der Waals surface area (Å²) in [5.41, 5.74) is -1.25. The second-order valence-electron chi connectivity index (χ2n) is 5.10. The zero-order chi connectivity index (χ0) is 18.1. The lowest BCUT2D eigenvalue weighted by atomic mass is 10.1. The molecule has 0 bridgehead atoms. The molecule has 0 aliphatic carbocycles. The first-order valence-corrected chi connectivity index (χ1v) is 7.91. The molecule has 1 N–H and O–H groups in total. The Balaban J connectivity index is 2.07. The van der Waals surface area contributed by atoms with E-state index < -0.39 is 28.8 Å². The quantitative estimate of drug-likeness (QED) is 0.558. The maximum absolute atomic E-state index is 13.7. The minimum atomic E-state index is -1.06. The van der Waals surface area contributed by atoms with Crippen molar-refractivity contribution in [2.24, 2.45) is 0 Å². The van der Waals surface area contributed by atoms with Gasteiger partial charge in [-0.05, 0) is 18.2 Å². The van der Waals surface area contributed by atoms with Crippen LogP contribution in [0.5, 0.6) is 0 Å². The van der Waals surface area contributed by atoms with Crippen LogP contribution in [0.2, 0.25) is 0 Å². The lowest BCUT2D eigenvalue weighted by Crippen LogP contribution is -2.12. The highest BCUT2D eigenvalue weighted by atomic mass is 32.2. The summed E-state index contributed by atoms with van der Waals surface area (Å²) in [7, 11) is 0. The van der Waals surface area contributed by atoms with Gasteiger partial charge in [0.2, 0.25) is 0 Å². The Morgan fingerprint density at radius 3 is 2.32 bits per heavy atom. The first kappa shape index (κ1) is 17.0. The fraction of sp³-hybridized carbons (Fsp3) is 0.0588. The van der Waals surface area contributed by atoms with Gasteiger partial charge in [-0.15, -0.1) is 11.8 Å². The van der Waals surface area contributed by atoms with E-state index in [0.717, 1.165) is 23.9 Å². The average Bonchev–Trinajstić information content (AvgIpc) is 2.54. The number of hydrogen-bond donors (Lipinski definition) is 1. The van der Waals surface area contributed by atoms with Gasteiger partial charge < -0.3 is 4.98 Å². The van der Waals surface area contributed by atoms with Crippen LogP contribution in [0.15, 0.2) is 40.2 Å². The van der Waals surface area contributed by atoms with E-state index in [2.05, 4.69) is 4.98 Å². The predicted octanol–water partition coefficient (Wildman–Crippen LogP) is 4.25. The summed E-state index contributed by atoms with van der Waals surface area (Å²) in [6, 6.07) is 6.37. The minimum Gasteiger partial charge on any atom is -0.315 e. The third-order valence-electron chi connectivity index (χ3n) is 3.53. The molecule has 0 spiro atoms. The molecule has 0 amide bonds. The van der Waals surface area contributed by atoms with E-state index in [0.29, 0.717) is 12.1 Å². The highest BCUT2D eigenvalue weighted by Crippen LogP contribution is 2.31. The molecule has 0 fully saturated rings.